The lowest BCUT2D eigenvalue weighted by Crippen LogP contribution is -2.00. The minimum Gasteiger partial charge on any atom is -0.380 e. The van der Waals surface area contributed by atoms with Crippen molar-refractivity contribution in [3.63, 3.8) is 0 Å². The third-order valence-electron chi connectivity index (χ3n) is 2.96. The van der Waals surface area contributed by atoms with Crippen LogP contribution in [0.4, 0.5) is 10.1 Å². The van der Waals surface area contributed by atoms with Crippen LogP contribution < -0.4 is 5.32 Å². The van der Waals surface area contributed by atoms with Gasteiger partial charge in [0, 0.05) is 20.5 Å². The van der Waals surface area contributed by atoms with Gasteiger partial charge in [0.25, 0.3) is 0 Å². The molecule has 19 heavy (non-hydrogen) atoms. The molecule has 1 aromatic heterocycles. The van der Waals surface area contributed by atoms with Gasteiger partial charge in [0.1, 0.15) is 5.82 Å². The summed E-state index contributed by atoms with van der Waals surface area (Å²) < 4.78 is 15.2. The van der Waals surface area contributed by atoms with Gasteiger partial charge in [0.15, 0.2) is 0 Å². The van der Waals surface area contributed by atoms with E-state index >= 15 is 0 Å². The largest absolute Gasteiger partial charge is 0.380 e. The van der Waals surface area contributed by atoms with Crippen molar-refractivity contribution in [1.29, 1.82) is 0 Å². The second-order valence-corrected chi connectivity index (χ2v) is 6.31. The minimum atomic E-state index is -0.198. The molecular formula is C15H11FINS. The highest BCUT2D eigenvalue weighted by molar-refractivity contribution is 14.1. The summed E-state index contributed by atoms with van der Waals surface area (Å²) in [6, 6.07) is 13.2. The molecule has 0 amide bonds. The number of nitrogens with one attached hydrogen (secondary N) is 1. The molecule has 0 saturated heterocycles. The Morgan fingerprint density at radius 3 is 2.84 bits per heavy atom. The maximum Gasteiger partial charge on any atom is 0.124 e. The van der Waals surface area contributed by atoms with E-state index in [-0.39, 0.29) is 5.82 Å². The summed E-state index contributed by atoms with van der Waals surface area (Å²) in [4.78, 5) is 0. The standard InChI is InChI=1S/C15H11FINS/c16-11-5-6-14(13(17)7-11)18-8-10-9-19-15-4-2-1-3-12(10)15/h1-7,9,18H,8H2. The van der Waals surface area contributed by atoms with E-state index in [4.69, 9.17) is 0 Å². The van der Waals surface area contributed by atoms with Crippen LogP contribution in [0.2, 0.25) is 0 Å². The molecule has 0 saturated carbocycles. The Labute approximate surface area is 128 Å². The third kappa shape index (κ3) is 2.74. The first-order valence-electron chi connectivity index (χ1n) is 5.88. The quantitative estimate of drug-likeness (QED) is 0.609. The molecule has 1 heterocycles. The fourth-order valence-electron chi connectivity index (χ4n) is 1.99. The summed E-state index contributed by atoms with van der Waals surface area (Å²) >= 11 is 3.90. The molecule has 2 aromatic carbocycles. The van der Waals surface area contributed by atoms with E-state index in [1.807, 2.05) is 0 Å². The minimum absolute atomic E-state index is 0.198. The van der Waals surface area contributed by atoms with Gasteiger partial charge in [0.05, 0.1) is 0 Å². The normalized spacial score (nSPS) is 10.8. The molecule has 3 aromatic rings. The zero-order valence-electron chi connectivity index (χ0n) is 9.99. The molecule has 0 aliphatic heterocycles. The highest BCUT2D eigenvalue weighted by Gasteiger charge is 2.05. The van der Waals surface area contributed by atoms with Gasteiger partial charge in [0.2, 0.25) is 0 Å². The average Bonchev–Trinajstić information content (AvgIpc) is 2.81. The second kappa shape index (κ2) is 5.46. The first-order valence-corrected chi connectivity index (χ1v) is 7.84. The lowest BCUT2D eigenvalue weighted by atomic mass is 10.2. The summed E-state index contributed by atoms with van der Waals surface area (Å²) in [5.74, 6) is -0.198. The molecule has 0 aliphatic carbocycles. The van der Waals surface area contributed by atoms with E-state index in [0.29, 0.717) is 0 Å². The molecule has 0 fully saturated rings. The summed E-state index contributed by atoms with van der Waals surface area (Å²) in [5, 5.41) is 6.83. The zero-order chi connectivity index (χ0) is 13.2. The van der Waals surface area contributed by atoms with E-state index in [2.05, 4.69) is 57.6 Å². The van der Waals surface area contributed by atoms with E-state index in [9.17, 15) is 4.39 Å². The second-order valence-electron chi connectivity index (χ2n) is 4.23. The van der Waals surface area contributed by atoms with Crippen LogP contribution >= 0.6 is 33.9 Å². The van der Waals surface area contributed by atoms with Crippen LogP contribution in [0.25, 0.3) is 10.1 Å². The Hall–Kier alpha value is -1.14. The molecule has 4 heteroatoms. The number of rotatable bonds is 3. The van der Waals surface area contributed by atoms with Gasteiger partial charge < -0.3 is 5.32 Å². The zero-order valence-corrected chi connectivity index (χ0v) is 13.0. The lowest BCUT2D eigenvalue weighted by molar-refractivity contribution is 0.627. The molecular weight excluding hydrogens is 372 g/mol. The maximum absolute atomic E-state index is 13.0. The summed E-state index contributed by atoms with van der Waals surface area (Å²) in [5.41, 5.74) is 2.25. The summed E-state index contributed by atoms with van der Waals surface area (Å²) in [6.07, 6.45) is 0. The van der Waals surface area contributed by atoms with Crippen LogP contribution in [0, 0.1) is 9.39 Å². The molecule has 0 radical (unpaired) electrons. The Balaban J connectivity index is 1.82. The van der Waals surface area contributed by atoms with E-state index < -0.39 is 0 Å². The van der Waals surface area contributed by atoms with Crippen molar-refractivity contribution in [2.24, 2.45) is 0 Å². The number of hydrogen-bond donors (Lipinski definition) is 1. The van der Waals surface area contributed by atoms with Gasteiger partial charge in [-0.25, -0.2) is 4.39 Å². The topological polar surface area (TPSA) is 12.0 Å². The Kier molecular flexibility index (Phi) is 3.70. The predicted molar refractivity (Wildman–Crippen MR) is 88.3 cm³/mol. The van der Waals surface area contributed by atoms with Crippen molar-refractivity contribution >= 4 is 49.7 Å². The Morgan fingerprint density at radius 2 is 2.00 bits per heavy atom. The number of thiophene rings is 1. The average molecular weight is 383 g/mol. The fourth-order valence-corrected chi connectivity index (χ4v) is 3.62. The first kappa shape index (κ1) is 12.9. The van der Waals surface area contributed by atoms with Gasteiger partial charge in [-0.3, -0.25) is 0 Å². The van der Waals surface area contributed by atoms with Crippen molar-refractivity contribution in [2.75, 3.05) is 5.32 Å². The molecule has 0 spiro atoms. The van der Waals surface area contributed by atoms with Crippen LogP contribution in [-0.2, 0) is 6.54 Å². The van der Waals surface area contributed by atoms with E-state index in [0.717, 1.165) is 15.8 Å². The van der Waals surface area contributed by atoms with Crippen LogP contribution in [0.5, 0.6) is 0 Å². The highest BCUT2D eigenvalue weighted by atomic mass is 127. The summed E-state index contributed by atoms with van der Waals surface area (Å²) in [7, 11) is 0. The van der Waals surface area contributed by atoms with Crippen molar-refractivity contribution in [1.82, 2.24) is 0 Å². The fraction of sp³-hybridized carbons (Fsp3) is 0.0667. The van der Waals surface area contributed by atoms with Crippen LogP contribution in [-0.4, -0.2) is 0 Å². The smallest absolute Gasteiger partial charge is 0.124 e. The monoisotopic (exact) mass is 383 g/mol. The van der Waals surface area contributed by atoms with Gasteiger partial charge in [-0.15, -0.1) is 11.3 Å². The van der Waals surface area contributed by atoms with Gasteiger partial charge in [-0.2, -0.15) is 0 Å². The van der Waals surface area contributed by atoms with Crippen molar-refractivity contribution in [3.8, 4) is 0 Å². The van der Waals surface area contributed by atoms with Crippen LogP contribution in [0.3, 0.4) is 0 Å². The van der Waals surface area contributed by atoms with Gasteiger partial charge in [-0.1, -0.05) is 18.2 Å². The number of fused-ring (bicyclic) bond motifs is 1. The molecule has 0 aliphatic rings. The molecule has 1 N–H and O–H groups in total. The molecule has 96 valence electrons. The van der Waals surface area contributed by atoms with Crippen molar-refractivity contribution in [2.45, 2.75) is 6.54 Å². The van der Waals surface area contributed by atoms with Crippen LogP contribution in [0.1, 0.15) is 5.56 Å². The number of benzene rings is 2. The van der Waals surface area contributed by atoms with Crippen molar-refractivity contribution < 1.29 is 4.39 Å². The molecule has 0 atom stereocenters. The van der Waals surface area contributed by atoms with Gasteiger partial charge in [-0.05, 0) is 63.2 Å². The number of anilines is 1. The molecule has 0 bridgehead atoms. The van der Waals surface area contributed by atoms with E-state index in [1.165, 1.54) is 27.8 Å². The van der Waals surface area contributed by atoms with Gasteiger partial charge >= 0.3 is 0 Å². The first-order chi connectivity index (χ1) is 9.24. The Morgan fingerprint density at radius 1 is 1.16 bits per heavy atom. The number of halogens is 2. The van der Waals surface area contributed by atoms with Crippen LogP contribution in [0.15, 0.2) is 47.8 Å². The molecule has 3 rings (SSSR count). The maximum atomic E-state index is 13.0. The highest BCUT2D eigenvalue weighted by Crippen LogP contribution is 2.27. The third-order valence-corrected chi connectivity index (χ3v) is 4.87. The Bertz CT molecular complexity index is 723. The lowest BCUT2D eigenvalue weighted by Gasteiger charge is -2.08. The number of hydrogen-bond acceptors (Lipinski definition) is 2. The molecule has 0 unspecified atom stereocenters. The SMILES string of the molecule is Fc1ccc(NCc2csc3ccccc23)c(I)c1. The van der Waals surface area contributed by atoms with E-state index in [1.54, 1.807) is 17.4 Å². The predicted octanol–water partition coefficient (Wildman–Crippen LogP) is 5.26. The van der Waals surface area contributed by atoms with Crippen molar-refractivity contribution in [3.05, 3.63) is 62.8 Å². The summed E-state index contributed by atoms with van der Waals surface area (Å²) in [6.45, 7) is 0.756. The molecule has 1 nitrogen and oxygen atoms in total.